The van der Waals surface area contributed by atoms with Crippen LogP contribution in [0.5, 0.6) is 0 Å². The molecule has 7 nitrogen and oxygen atoms in total. The van der Waals surface area contributed by atoms with Crippen LogP contribution in [-0.2, 0) is 9.53 Å². The third kappa shape index (κ3) is 3.75. The van der Waals surface area contributed by atoms with E-state index < -0.39 is 5.97 Å². The van der Waals surface area contributed by atoms with Gasteiger partial charge in [-0.05, 0) is 37.1 Å². The first-order chi connectivity index (χ1) is 12.5. The molecule has 138 valence electrons. The van der Waals surface area contributed by atoms with Crippen LogP contribution in [0.4, 0.5) is 4.79 Å². The molecule has 2 unspecified atom stereocenters. The maximum atomic E-state index is 12.6. The largest absolute Gasteiger partial charge is 0.465 e. The number of hydrogen-bond acceptors (Lipinski definition) is 6. The number of hydrogen-bond donors (Lipinski definition) is 1. The summed E-state index contributed by atoms with van der Waals surface area (Å²) in [6.07, 6.45) is 3.28. The molecule has 0 aromatic heterocycles. The third-order valence-corrected chi connectivity index (χ3v) is 5.57. The number of carbonyl (C=O) groups excluding carboxylic acids is 4. The minimum absolute atomic E-state index is 0.172. The van der Waals surface area contributed by atoms with E-state index in [9.17, 15) is 19.2 Å². The molecule has 1 aromatic carbocycles. The molecule has 1 saturated carbocycles. The van der Waals surface area contributed by atoms with Gasteiger partial charge in [-0.2, -0.15) is 0 Å². The van der Waals surface area contributed by atoms with Gasteiger partial charge < -0.3 is 10.1 Å². The van der Waals surface area contributed by atoms with E-state index >= 15 is 0 Å². The highest BCUT2D eigenvalue weighted by molar-refractivity contribution is 8.14. The van der Waals surface area contributed by atoms with Crippen molar-refractivity contribution in [2.75, 3.05) is 12.9 Å². The van der Waals surface area contributed by atoms with Gasteiger partial charge in [-0.25, -0.2) is 4.79 Å². The lowest BCUT2D eigenvalue weighted by atomic mass is 9.89. The van der Waals surface area contributed by atoms with Gasteiger partial charge in [0.2, 0.25) is 5.91 Å². The monoisotopic (exact) mass is 376 g/mol. The topological polar surface area (TPSA) is 92.8 Å². The Morgan fingerprint density at radius 1 is 1.12 bits per heavy atom. The molecule has 2 atom stereocenters. The molecule has 3 rings (SSSR count). The number of methoxy groups -OCH3 is 1. The zero-order valence-electron chi connectivity index (χ0n) is 14.4. The minimum atomic E-state index is -0.465. The van der Waals surface area contributed by atoms with Crippen molar-refractivity contribution in [3.8, 4) is 0 Å². The molecule has 1 N–H and O–H groups in total. The average Bonchev–Trinajstić information content (AvgIpc) is 3.00. The molecule has 0 radical (unpaired) electrons. The number of esters is 1. The van der Waals surface area contributed by atoms with Crippen molar-refractivity contribution in [1.82, 2.24) is 10.2 Å². The summed E-state index contributed by atoms with van der Waals surface area (Å²) in [6, 6.07) is 5.62. The fourth-order valence-electron chi connectivity index (χ4n) is 3.40. The highest BCUT2D eigenvalue weighted by Gasteiger charge is 2.41. The maximum Gasteiger partial charge on any atom is 0.337 e. The quantitative estimate of drug-likeness (QED) is 0.810. The summed E-state index contributed by atoms with van der Waals surface area (Å²) in [5.74, 6) is -0.767. The number of thioether (sulfide) groups is 1. The summed E-state index contributed by atoms with van der Waals surface area (Å²) in [5, 5.41) is 2.72. The number of nitrogens with zero attached hydrogens (tertiary/aromatic N) is 1. The Kier molecular flexibility index (Phi) is 5.61. The van der Waals surface area contributed by atoms with E-state index in [1.807, 2.05) is 0 Å². The SMILES string of the molecule is COC(=O)c1ccc(C(=O)NC2CCCCC2N2C(=O)CSC2=O)cc1. The number of carbonyl (C=O) groups is 4. The van der Waals surface area contributed by atoms with E-state index in [2.05, 4.69) is 10.1 Å². The lowest BCUT2D eigenvalue weighted by molar-refractivity contribution is -0.127. The summed E-state index contributed by atoms with van der Waals surface area (Å²) in [5.41, 5.74) is 0.778. The molecule has 3 amide bonds. The van der Waals surface area contributed by atoms with Crippen molar-refractivity contribution < 1.29 is 23.9 Å². The minimum Gasteiger partial charge on any atom is -0.465 e. The highest BCUT2D eigenvalue weighted by atomic mass is 32.2. The number of nitrogens with one attached hydrogen (secondary N) is 1. The van der Waals surface area contributed by atoms with Gasteiger partial charge in [0, 0.05) is 5.56 Å². The third-order valence-electron chi connectivity index (χ3n) is 4.73. The van der Waals surface area contributed by atoms with Crippen molar-refractivity contribution in [2.24, 2.45) is 0 Å². The Bertz CT molecular complexity index is 718. The Morgan fingerprint density at radius 2 is 1.77 bits per heavy atom. The second-order valence-electron chi connectivity index (χ2n) is 6.32. The number of ether oxygens (including phenoxy) is 1. The predicted molar refractivity (Wildman–Crippen MR) is 96.0 cm³/mol. The second kappa shape index (κ2) is 7.90. The van der Waals surface area contributed by atoms with Gasteiger partial charge in [-0.3, -0.25) is 19.3 Å². The van der Waals surface area contributed by atoms with Crippen LogP contribution < -0.4 is 5.32 Å². The maximum absolute atomic E-state index is 12.6. The fraction of sp³-hybridized carbons (Fsp3) is 0.444. The number of imide groups is 1. The van der Waals surface area contributed by atoms with Crippen LogP contribution in [0, 0.1) is 0 Å². The molecule has 0 bridgehead atoms. The fourth-order valence-corrected chi connectivity index (χ4v) is 4.16. The van der Waals surface area contributed by atoms with Gasteiger partial charge in [0.15, 0.2) is 0 Å². The summed E-state index contributed by atoms with van der Waals surface area (Å²) in [7, 11) is 1.30. The number of benzene rings is 1. The molecule has 2 aliphatic rings. The van der Waals surface area contributed by atoms with E-state index in [-0.39, 0.29) is 34.9 Å². The van der Waals surface area contributed by atoms with Gasteiger partial charge in [-0.1, -0.05) is 24.6 Å². The Hall–Kier alpha value is -2.35. The van der Waals surface area contributed by atoms with E-state index in [4.69, 9.17) is 0 Å². The van der Waals surface area contributed by atoms with E-state index in [1.165, 1.54) is 24.1 Å². The van der Waals surface area contributed by atoms with Gasteiger partial charge in [0.1, 0.15) is 0 Å². The molecule has 1 saturated heterocycles. The van der Waals surface area contributed by atoms with Crippen LogP contribution in [-0.4, -0.2) is 52.9 Å². The molecular formula is C18H20N2O5S. The zero-order valence-corrected chi connectivity index (χ0v) is 15.2. The summed E-state index contributed by atoms with van der Waals surface area (Å²) in [4.78, 5) is 49.4. The summed E-state index contributed by atoms with van der Waals surface area (Å²) < 4.78 is 4.64. The van der Waals surface area contributed by atoms with Crippen LogP contribution in [0.1, 0.15) is 46.4 Å². The van der Waals surface area contributed by atoms with Crippen molar-refractivity contribution in [2.45, 2.75) is 37.8 Å². The van der Waals surface area contributed by atoms with Crippen LogP contribution in [0.2, 0.25) is 0 Å². The van der Waals surface area contributed by atoms with Crippen LogP contribution in [0.25, 0.3) is 0 Å². The first-order valence-corrected chi connectivity index (χ1v) is 9.48. The van der Waals surface area contributed by atoms with Crippen molar-refractivity contribution >= 4 is 34.8 Å². The average molecular weight is 376 g/mol. The first-order valence-electron chi connectivity index (χ1n) is 8.49. The van der Waals surface area contributed by atoms with E-state index in [0.29, 0.717) is 17.5 Å². The molecule has 26 heavy (non-hydrogen) atoms. The first kappa shape index (κ1) is 18.4. The molecule has 1 aromatic rings. The van der Waals surface area contributed by atoms with Crippen LogP contribution >= 0.6 is 11.8 Å². The smallest absolute Gasteiger partial charge is 0.337 e. The van der Waals surface area contributed by atoms with E-state index in [0.717, 1.165) is 31.0 Å². The van der Waals surface area contributed by atoms with Gasteiger partial charge in [-0.15, -0.1) is 0 Å². The predicted octanol–water partition coefficient (Wildman–Crippen LogP) is 2.21. The molecule has 8 heteroatoms. The highest BCUT2D eigenvalue weighted by Crippen LogP contribution is 2.30. The standard InChI is InChI=1S/C18H20N2O5S/c1-25-17(23)12-8-6-11(7-9-12)16(22)19-13-4-2-3-5-14(13)20-15(21)10-26-18(20)24/h6-9,13-14H,2-5,10H2,1H3,(H,19,22). The van der Waals surface area contributed by atoms with Crippen LogP contribution in [0.15, 0.2) is 24.3 Å². The Labute approximate surface area is 155 Å². The molecule has 1 aliphatic carbocycles. The lowest BCUT2D eigenvalue weighted by Gasteiger charge is -2.36. The molecule has 1 aliphatic heterocycles. The van der Waals surface area contributed by atoms with Crippen molar-refractivity contribution in [3.63, 3.8) is 0 Å². The Morgan fingerprint density at radius 3 is 2.38 bits per heavy atom. The van der Waals surface area contributed by atoms with Gasteiger partial charge in [0.25, 0.3) is 11.1 Å². The normalized spacial score (nSPS) is 23.0. The van der Waals surface area contributed by atoms with Gasteiger partial charge in [0.05, 0.1) is 30.5 Å². The number of rotatable bonds is 4. The molecule has 2 fully saturated rings. The molecule has 1 heterocycles. The van der Waals surface area contributed by atoms with Gasteiger partial charge >= 0.3 is 5.97 Å². The zero-order chi connectivity index (χ0) is 18.7. The van der Waals surface area contributed by atoms with E-state index in [1.54, 1.807) is 12.1 Å². The Balaban J connectivity index is 1.71. The second-order valence-corrected chi connectivity index (χ2v) is 7.25. The number of amides is 3. The summed E-state index contributed by atoms with van der Waals surface area (Å²) in [6.45, 7) is 0. The van der Waals surface area contributed by atoms with Crippen molar-refractivity contribution in [3.05, 3.63) is 35.4 Å². The summed E-state index contributed by atoms with van der Waals surface area (Å²) >= 11 is 1.01. The molecular weight excluding hydrogens is 356 g/mol. The lowest BCUT2D eigenvalue weighted by Crippen LogP contribution is -2.54. The van der Waals surface area contributed by atoms with Crippen molar-refractivity contribution in [1.29, 1.82) is 0 Å². The van der Waals surface area contributed by atoms with Crippen LogP contribution in [0.3, 0.4) is 0 Å². The molecule has 0 spiro atoms.